The fraction of sp³-hybridized carbons (Fsp3) is 0.154. The predicted molar refractivity (Wildman–Crippen MR) is 82.2 cm³/mol. The average molecular weight is 376 g/mol. The molecular formula is C13H12BrClN2O2S. The molecule has 1 aromatic heterocycles. The highest BCUT2D eigenvalue weighted by molar-refractivity contribution is 9.10. The van der Waals surface area contributed by atoms with Crippen molar-refractivity contribution in [2.75, 3.05) is 0 Å². The molecule has 1 heterocycles. The van der Waals surface area contributed by atoms with Crippen molar-refractivity contribution < 1.29 is 8.42 Å². The van der Waals surface area contributed by atoms with Gasteiger partial charge in [0.2, 0.25) is 10.0 Å². The highest BCUT2D eigenvalue weighted by Crippen LogP contribution is 2.25. The maximum atomic E-state index is 12.2. The predicted octanol–water partition coefficient (Wildman–Crippen LogP) is 3.28. The van der Waals surface area contributed by atoms with Gasteiger partial charge >= 0.3 is 0 Å². The maximum Gasteiger partial charge on any atom is 0.242 e. The minimum atomic E-state index is -3.67. The summed E-state index contributed by atoms with van der Waals surface area (Å²) in [6.07, 6.45) is 1.63. The van der Waals surface area contributed by atoms with Crippen LogP contribution in [0.2, 0.25) is 5.02 Å². The number of sulfonamides is 1. The van der Waals surface area contributed by atoms with Crippen LogP contribution in [0.5, 0.6) is 0 Å². The first-order valence-corrected chi connectivity index (χ1v) is 8.41. The first-order chi connectivity index (χ1) is 9.40. The molecule has 4 nitrogen and oxygen atoms in total. The molecule has 2 rings (SSSR count). The largest absolute Gasteiger partial charge is 0.260 e. The van der Waals surface area contributed by atoms with Crippen molar-refractivity contribution in [1.82, 2.24) is 9.71 Å². The first-order valence-electron chi connectivity index (χ1n) is 5.75. The molecule has 0 spiro atoms. The molecule has 1 N–H and O–H groups in total. The van der Waals surface area contributed by atoms with Gasteiger partial charge in [-0.1, -0.05) is 33.6 Å². The van der Waals surface area contributed by atoms with Crippen LogP contribution in [0.25, 0.3) is 0 Å². The van der Waals surface area contributed by atoms with Crippen molar-refractivity contribution in [3.05, 3.63) is 57.3 Å². The van der Waals surface area contributed by atoms with Gasteiger partial charge in [0.1, 0.15) is 4.90 Å². The lowest BCUT2D eigenvalue weighted by atomic mass is 10.2. The van der Waals surface area contributed by atoms with Crippen molar-refractivity contribution >= 4 is 37.6 Å². The fourth-order valence-corrected chi connectivity index (χ4v) is 3.66. The van der Waals surface area contributed by atoms with E-state index in [-0.39, 0.29) is 16.5 Å². The number of hydrogen-bond donors (Lipinski definition) is 1. The number of nitrogens with one attached hydrogen (secondary N) is 1. The molecule has 0 unspecified atom stereocenters. The number of benzene rings is 1. The molecule has 0 atom stereocenters. The number of nitrogens with zero attached hydrogens (tertiary/aromatic N) is 1. The van der Waals surface area contributed by atoms with Crippen LogP contribution in [-0.2, 0) is 16.6 Å². The van der Waals surface area contributed by atoms with Crippen LogP contribution < -0.4 is 4.72 Å². The third-order valence-electron chi connectivity index (χ3n) is 2.73. The van der Waals surface area contributed by atoms with Crippen LogP contribution in [0.4, 0.5) is 0 Å². The normalized spacial score (nSPS) is 11.6. The van der Waals surface area contributed by atoms with Crippen LogP contribution in [0.15, 0.2) is 45.9 Å². The number of halogens is 2. The van der Waals surface area contributed by atoms with Gasteiger partial charge in [0.15, 0.2) is 0 Å². The SMILES string of the molecule is Cc1cccnc1CNS(=O)(=O)c1ccc(Br)cc1Cl. The fourth-order valence-electron chi connectivity index (χ4n) is 1.64. The lowest BCUT2D eigenvalue weighted by Gasteiger charge is -2.09. The summed E-state index contributed by atoms with van der Waals surface area (Å²) in [5.41, 5.74) is 1.61. The second-order valence-corrected chi connectivity index (χ2v) is 7.22. The average Bonchev–Trinajstić information content (AvgIpc) is 2.37. The molecule has 0 aliphatic heterocycles. The maximum absolute atomic E-state index is 12.2. The van der Waals surface area contributed by atoms with Gasteiger partial charge < -0.3 is 0 Å². The van der Waals surface area contributed by atoms with E-state index < -0.39 is 10.0 Å². The molecule has 0 bridgehead atoms. The summed E-state index contributed by atoms with van der Waals surface area (Å²) in [6, 6.07) is 8.32. The Morgan fingerprint density at radius 2 is 2.10 bits per heavy atom. The highest BCUT2D eigenvalue weighted by Gasteiger charge is 2.18. The van der Waals surface area contributed by atoms with Gasteiger partial charge in [-0.25, -0.2) is 13.1 Å². The van der Waals surface area contributed by atoms with Gasteiger partial charge in [0.25, 0.3) is 0 Å². The molecule has 106 valence electrons. The summed E-state index contributed by atoms with van der Waals surface area (Å²) in [5, 5.41) is 0.171. The smallest absolute Gasteiger partial charge is 0.242 e. The zero-order valence-electron chi connectivity index (χ0n) is 10.6. The molecule has 0 aliphatic rings. The molecule has 0 saturated carbocycles. The molecule has 2 aromatic rings. The number of pyridine rings is 1. The molecule has 7 heteroatoms. The summed E-state index contributed by atoms with van der Waals surface area (Å²) in [6.45, 7) is 2.00. The van der Waals surface area contributed by atoms with E-state index in [1.54, 1.807) is 24.4 Å². The van der Waals surface area contributed by atoms with Gasteiger partial charge in [0, 0.05) is 10.7 Å². The molecular weight excluding hydrogens is 364 g/mol. The van der Waals surface area contributed by atoms with Gasteiger partial charge in [-0.15, -0.1) is 0 Å². The van der Waals surface area contributed by atoms with Gasteiger partial charge in [0.05, 0.1) is 17.3 Å². The van der Waals surface area contributed by atoms with E-state index in [1.807, 2.05) is 13.0 Å². The van der Waals surface area contributed by atoms with E-state index in [2.05, 4.69) is 25.6 Å². The van der Waals surface area contributed by atoms with Crippen molar-refractivity contribution in [1.29, 1.82) is 0 Å². The van der Waals surface area contributed by atoms with Crippen molar-refractivity contribution in [3.8, 4) is 0 Å². The number of aryl methyl sites for hydroxylation is 1. The Hall–Kier alpha value is -0.950. The topological polar surface area (TPSA) is 59.1 Å². The van der Waals surface area contributed by atoms with Crippen molar-refractivity contribution in [2.45, 2.75) is 18.4 Å². The van der Waals surface area contributed by atoms with E-state index in [0.29, 0.717) is 5.69 Å². The summed E-state index contributed by atoms with van der Waals surface area (Å²) >= 11 is 9.20. The zero-order chi connectivity index (χ0) is 14.8. The van der Waals surface area contributed by atoms with Gasteiger partial charge in [-0.3, -0.25) is 4.98 Å². The Kier molecular flexibility index (Phi) is 4.80. The molecule has 0 aliphatic carbocycles. The molecule has 0 fully saturated rings. The van der Waals surface area contributed by atoms with E-state index in [9.17, 15) is 8.42 Å². The lowest BCUT2D eigenvalue weighted by molar-refractivity contribution is 0.580. The summed E-state index contributed by atoms with van der Waals surface area (Å²) in [5.74, 6) is 0. The Morgan fingerprint density at radius 3 is 2.75 bits per heavy atom. The summed E-state index contributed by atoms with van der Waals surface area (Å²) in [4.78, 5) is 4.20. The summed E-state index contributed by atoms with van der Waals surface area (Å²) < 4.78 is 27.6. The van der Waals surface area contributed by atoms with E-state index >= 15 is 0 Å². The second kappa shape index (κ2) is 6.22. The second-order valence-electron chi connectivity index (χ2n) is 4.17. The number of hydrogen-bond acceptors (Lipinski definition) is 3. The standard InChI is InChI=1S/C13H12BrClN2O2S/c1-9-3-2-6-16-12(9)8-17-20(18,19)13-5-4-10(14)7-11(13)15/h2-7,17H,8H2,1H3. The Balaban J connectivity index is 2.22. The van der Waals surface area contributed by atoms with E-state index in [1.165, 1.54) is 6.07 Å². The number of rotatable bonds is 4. The minimum Gasteiger partial charge on any atom is -0.260 e. The molecule has 0 radical (unpaired) electrons. The van der Waals surface area contributed by atoms with E-state index in [4.69, 9.17) is 11.6 Å². The first kappa shape index (κ1) is 15.4. The van der Waals surface area contributed by atoms with Crippen molar-refractivity contribution in [2.24, 2.45) is 0 Å². The van der Waals surface area contributed by atoms with Crippen LogP contribution in [0.1, 0.15) is 11.3 Å². The van der Waals surface area contributed by atoms with Gasteiger partial charge in [-0.2, -0.15) is 0 Å². The molecule has 0 saturated heterocycles. The van der Waals surface area contributed by atoms with Crippen LogP contribution >= 0.6 is 27.5 Å². The Morgan fingerprint density at radius 1 is 1.35 bits per heavy atom. The van der Waals surface area contributed by atoms with Gasteiger partial charge in [-0.05, 0) is 36.8 Å². The Labute approximate surface area is 131 Å². The third-order valence-corrected chi connectivity index (χ3v) is 5.11. The summed E-state index contributed by atoms with van der Waals surface area (Å²) in [7, 11) is -3.67. The number of aromatic nitrogens is 1. The zero-order valence-corrected chi connectivity index (χ0v) is 13.8. The quantitative estimate of drug-likeness (QED) is 0.892. The Bertz CT molecular complexity index is 735. The van der Waals surface area contributed by atoms with E-state index in [0.717, 1.165) is 10.0 Å². The third kappa shape index (κ3) is 3.58. The monoisotopic (exact) mass is 374 g/mol. The lowest BCUT2D eigenvalue weighted by Crippen LogP contribution is -2.24. The van der Waals surface area contributed by atoms with Crippen molar-refractivity contribution in [3.63, 3.8) is 0 Å². The van der Waals surface area contributed by atoms with Crippen LogP contribution in [-0.4, -0.2) is 13.4 Å². The van der Waals surface area contributed by atoms with Crippen LogP contribution in [0.3, 0.4) is 0 Å². The molecule has 0 amide bonds. The minimum absolute atomic E-state index is 0.0518. The molecule has 1 aromatic carbocycles. The highest BCUT2D eigenvalue weighted by atomic mass is 79.9. The molecule has 20 heavy (non-hydrogen) atoms. The van der Waals surface area contributed by atoms with Crippen LogP contribution in [0, 0.1) is 6.92 Å².